The molecular formula is C19H33N3O3. The number of amides is 2. The van der Waals surface area contributed by atoms with Gasteiger partial charge in [-0.3, -0.25) is 9.59 Å². The van der Waals surface area contributed by atoms with Gasteiger partial charge in [-0.25, -0.2) is 0 Å². The van der Waals surface area contributed by atoms with Crippen LogP contribution in [0.3, 0.4) is 0 Å². The van der Waals surface area contributed by atoms with Crippen LogP contribution in [0.5, 0.6) is 0 Å². The molecule has 3 rings (SSSR count). The first-order valence-electron chi connectivity index (χ1n) is 10.1. The van der Waals surface area contributed by atoms with Crippen LogP contribution in [0, 0.1) is 5.92 Å². The first kappa shape index (κ1) is 18.6. The maximum atomic E-state index is 12.9. The molecule has 0 bridgehead atoms. The molecule has 0 saturated carbocycles. The number of nitrogens with zero attached hydrogens (tertiary/aromatic N) is 3. The Bertz CT molecular complexity index is 469. The average Bonchev–Trinajstić information content (AvgIpc) is 2.64. The normalized spacial score (nSPS) is 27.8. The lowest BCUT2D eigenvalue weighted by Crippen LogP contribution is -2.52. The molecule has 0 aliphatic carbocycles. The maximum Gasteiger partial charge on any atom is 0.226 e. The Hall–Kier alpha value is -1.14. The van der Waals surface area contributed by atoms with E-state index in [2.05, 4.69) is 16.7 Å². The maximum absolute atomic E-state index is 12.9. The highest BCUT2D eigenvalue weighted by molar-refractivity contribution is 5.86. The number of rotatable bonds is 4. The molecule has 1 N–H and O–H groups in total. The SMILES string of the molecule is CCN1CCC(N2CCCC(CC(=O)N3CCC(O)CC3)C2=O)CC1. The lowest BCUT2D eigenvalue weighted by atomic mass is 9.90. The van der Waals surface area contributed by atoms with E-state index in [9.17, 15) is 14.7 Å². The fourth-order valence-electron chi connectivity index (χ4n) is 4.53. The molecule has 0 spiro atoms. The van der Waals surface area contributed by atoms with E-state index in [1.165, 1.54) is 0 Å². The molecule has 1 unspecified atom stereocenters. The molecular weight excluding hydrogens is 318 g/mol. The summed E-state index contributed by atoms with van der Waals surface area (Å²) in [6.07, 6.45) is 5.36. The van der Waals surface area contributed by atoms with Crippen molar-refractivity contribution in [2.24, 2.45) is 5.92 Å². The summed E-state index contributed by atoms with van der Waals surface area (Å²) in [6, 6.07) is 0.360. The Kier molecular flexibility index (Phi) is 6.34. The molecule has 2 amide bonds. The third kappa shape index (κ3) is 4.53. The summed E-state index contributed by atoms with van der Waals surface area (Å²) in [7, 11) is 0. The van der Waals surface area contributed by atoms with Crippen molar-refractivity contribution in [3.63, 3.8) is 0 Å². The van der Waals surface area contributed by atoms with Gasteiger partial charge in [-0.2, -0.15) is 0 Å². The summed E-state index contributed by atoms with van der Waals surface area (Å²) >= 11 is 0. The summed E-state index contributed by atoms with van der Waals surface area (Å²) < 4.78 is 0. The Morgan fingerprint density at radius 2 is 1.72 bits per heavy atom. The first-order valence-corrected chi connectivity index (χ1v) is 10.1. The highest BCUT2D eigenvalue weighted by Crippen LogP contribution is 2.27. The van der Waals surface area contributed by atoms with Gasteiger partial charge in [0.25, 0.3) is 0 Å². The molecule has 25 heavy (non-hydrogen) atoms. The van der Waals surface area contributed by atoms with Gasteiger partial charge in [0.2, 0.25) is 11.8 Å². The second-order valence-electron chi connectivity index (χ2n) is 7.85. The zero-order valence-electron chi connectivity index (χ0n) is 15.5. The fourth-order valence-corrected chi connectivity index (χ4v) is 4.53. The molecule has 6 nitrogen and oxygen atoms in total. The van der Waals surface area contributed by atoms with Crippen molar-refractivity contribution in [2.75, 3.05) is 39.3 Å². The van der Waals surface area contributed by atoms with Crippen LogP contribution < -0.4 is 0 Å². The van der Waals surface area contributed by atoms with Crippen LogP contribution in [0.25, 0.3) is 0 Å². The zero-order valence-corrected chi connectivity index (χ0v) is 15.5. The van der Waals surface area contributed by atoms with Crippen LogP contribution in [0.4, 0.5) is 0 Å². The number of aliphatic hydroxyl groups is 1. The number of piperidine rings is 3. The van der Waals surface area contributed by atoms with Crippen molar-refractivity contribution in [3.8, 4) is 0 Å². The van der Waals surface area contributed by atoms with Crippen molar-refractivity contribution in [1.29, 1.82) is 0 Å². The van der Waals surface area contributed by atoms with Gasteiger partial charge in [0.05, 0.1) is 6.10 Å². The van der Waals surface area contributed by atoms with Gasteiger partial charge in [0.15, 0.2) is 0 Å². The van der Waals surface area contributed by atoms with Crippen molar-refractivity contribution < 1.29 is 14.7 Å². The molecule has 1 atom stereocenters. The summed E-state index contributed by atoms with van der Waals surface area (Å²) in [5.41, 5.74) is 0. The van der Waals surface area contributed by atoms with Gasteiger partial charge in [-0.1, -0.05) is 6.92 Å². The number of likely N-dealkylation sites (tertiary alicyclic amines) is 3. The Morgan fingerprint density at radius 3 is 2.36 bits per heavy atom. The smallest absolute Gasteiger partial charge is 0.226 e. The van der Waals surface area contributed by atoms with Crippen molar-refractivity contribution >= 4 is 11.8 Å². The molecule has 0 aromatic rings. The number of carbonyl (C=O) groups excluding carboxylic acids is 2. The summed E-state index contributed by atoms with van der Waals surface area (Å²) in [4.78, 5) is 31.8. The minimum absolute atomic E-state index is 0.0907. The monoisotopic (exact) mass is 351 g/mol. The van der Waals surface area contributed by atoms with Crippen LogP contribution in [0.2, 0.25) is 0 Å². The van der Waals surface area contributed by atoms with Crippen LogP contribution >= 0.6 is 0 Å². The third-order valence-corrected chi connectivity index (χ3v) is 6.27. The largest absolute Gasteiger partial charge is 0.393 e. The van der Waals surface area contributed by atoms with E-state index in [4.69, 9.17) is 0 Å². The minimum Gasteiger partial charge on any atom is -0.393 e. The molecule has 0 aromatic carbocycles. The molecule has 3 aliphatic heterocycles. The number of carbonyl (C=O) groups is 2. The van der Waals surface area contributed by atoms with E-state index in [-0.39, 0.29) is 23.8 Å². The molecule has 3 saturated heterocycles. The second kappa shape index (κ2) is 8.49. The first-order chi connectivity index (χ1) is 12.1. The van der Waals surface area contributed by atoms with Gasteiger partial charge in [-0.15, -0.1) is 0 Å². The standard InChI is InChI=1S/C19H33N3O3/c1-2-20-10-5-16(6-11-20)22-9-3-4-15(19(22)25)14-18(24)21-12-7-17(23)8-13-21/h15-17,23H,2-14H2,1H3. The Balaban J connectivity index is 1.52. The van der Waals surface area contributed by atoms with E-state index in [1.807, 2.05) is 4.90 Å². The molecule has 0 radical (unpaired) electrons. The number of aliphatic hydroxyl groups excluding tert-OH is 1. The number of hydrogen-bond donors (Lipinski definition) is 1. The lowest BCUT2D eigenvalue weighted by Gasteiger charge is -2.42. The topological polar surface area (TPSA) is 64.1 Å². The third-order valence-electron chi connectivity index (χ3n) is 6.27. The predicted octanol–water partition coefficient (Wildman–Crippen LogP) is 1.08. The highest BCUT2D eigenvalue weighted by Gasteiger charge is 2.36. The molecule has 6 heteroatoms. The van der Waals surface area contributed by atoms with E-state index in [0.717, 1.165) is 51.9 Å². The average molecular weight is 351 g/mol. The fraction of sp³-hybridized carbons (Fsp3) is 0.895. The van der Waals surface area contributed by atoms with Crippen LogP contribution in [0.1, 0.15) is 51.9 Å². The van der Waals surface area contributed by atoms with Crippen molar-refractivity contribution in [3.05, 3.63) is 0 Å². The van der Waals surface area contributed by atoms with Crippen molar-refractivity contribution in [1.82, 2.24) is 14.7 Å². The van der Waals surface area contributed by atoms with Crippen LogP contribution in [0.15, 0.2) is 0 Å². The predicted molar refractivity (Wildman–Crippen MR) is 96.0 cm³/mol. The lowest BCUT2D eigenvalue weighted by molar-refractivity contribution is -0.147. The molecule has 0 aromatic heterocycles. The highest BCUT2D eigenvalue weighted by atomic mass is 16.3. The minimum atomic E-state index is -0.273. The zero-order chi connectivity index (χ0) is 17.8. The van der Waals surface area contributed by atoms with E-state index >= 15 is 0 Å². The summed E-state index contributed by atoms with van der Waals surface area (Å²) in [5, 5.41) is 9.59. The summed E-state index contributed by atoms with van der Waals surface area (Å²) in [6.45, 7) is 7.53. The number of hydrogen-bond acceptors (Lipinski definition) is 4. The summed E-state index contributed by atoms with van der Waals surface area (Å²) in [5.74, 6) is 0.150. The van der Waals surface area contributed by atoms with Gasteiger partial charge in [-0.05, 0) is 45.1 Å². The van der Waals surface area contributed by atoms with Gasteiger partial charge < -0.3 is 19.8 Å². The molecule has 3 aliphatic rings. The van der Waals surface area contributed by atoms with Crippen LogP contribution in [-0.4, -0.2) is 83.0 Å². The molecule has 3 fully saturated rings. The van der Waals surface area contributed by atoms with E-state index < -0.39 is 0 Å². The van der Waals surface area contributed by atoms with E-state index in [0.29, 0.717) is 38.4 Å². The van der Waals surface area contributed by atoms with Gasteiger partial charge >= 0.3 is 0 Å². The van der Waals surface area contributed by atoms with Gasteiger partial charge in [0, 0.05) is 51.1 Å². The van der Waals surface area contributed by atoms with Crippen LogP contribution in [-0.2, 0) is 9.59 Å². The van der Waals surface area contributed by atoms with Gasteiger partial charge in [0.1, 0.15) is 0 Å². The molecule has 142 valence electrons. The Morgan fingerprint density at radius 1 is 1.04 bits per heavy atom. The quantitative estimate of drug-likeness (QED) is 0.823. The van der Waals surface area contributed by atoms with E-state index in [1.54, 1.807) is 0 Å². The molecule has 3 heterocycles. The second-order valence-corrected chi connectivity index (χ2v) is 7.85. The van der Waals surface area contributed by atoms with Crippen molar-refractivity contribution in [2.45, 2.75) is 64.0 Å². The Labute approximate surface area is 151 Å².